The molecule has 1 aromatic carbocycles. The molecule has 2 aliphatic rings. The molecule has 0 atom stereocenters. The van der Waals surface area contributed by atoms with Crippen LogP contribution in [0.3, 0.4) is 0 Å². The minimum Gasteiger partial charge on any atom is -0.478 e. The van der Waals surface area contributed by atoms with Crippen LogP contribution in [0.4, 0.5) is 17.5 Å². The normalized spacial score (nSPS) is 16.4. The molecule has 5 heterocycles. The van der Waals surface area contributed by atoms with Crippen molar-refractivity contribution >= 4 is 44.4 Å². The highest BCUT2D eigenvalue weighted by Gasteiger charge is 2.31. The second-order valence-electron chi connectivity index (χ2n) is 9.25. The maximum Gasteiger partial charge on any atom is 0.338 e. The van der Waals surface area contributed by atoms with Gasteiger partial charge in [0.2, 0.25) is 11.5 Å². The van der Waals surface area contributed by atoms with Crippen LogP contribution in [0.2, 0.25) is 0 Å². The van der Waals surface area contributed by atoms with Gasteiger partial charge in [-0.05, 0) is 43.0 Å². The number of sulfone groups is 1. The van der Waals surface area contributed by atoms with E-state index in [1.807, 2.05) is 15.9 Å². The van der Waals surface area contributed by atoms with Crippen molar-refractivity contribution in [1.82, 2.24) is 25.1 Å². The lowest BCUT2D eigenvalue weighted by Gasteiger charge is -2.31. The monoisotopic (exact) mass is 521 g/mol. The van der Waals surface area contributed by atoms with Crippen molar-refractivity contribution in [3.05, 3.63) is 53.7 Å². The van der Waals surface area contributed by atoms with Crippen molar-refractivity contribution < 1.29 is 22.8 Å². The second-order valence-corrected chi connectivity index (χ2v) is 11.3. The molecule has 3 aromatic heterocycles. The lowest BCUT2D eigenvalue weighted by molar-refractivity contribution is 0.0696. The Morgan fingerprint density at radius 2 is 1.84 bits per heavy atom. The van der Waals surface area contributed by atoms with Gasteiger partial charge in [-0.15, -0.1) is 0 Å². The summed E-state index contributed by atoms with van der Waals surface area (Å²) in [4.78, 5) is 32.7. The summed E-state index contributed by atoms with van der Waals surface area (Å²) in [6.45, 7) is 2.01. The van der Waals surface area contributed by atoms with E-state index in [4.69, 9.17) is 9.63 Å². The van der Waals surface area contributed by atoms with Crippen LogP contribution >= 0.6 is 0 Å². The van der Waals surface area contributed by atoms with Crippen molar-refractivity contribution in [2.24, 2.45) is 0 Å². The number of rotatable bonds is 5. The van der Waals surface area contributed by atoms with Crippen molar-refractivity contribution in [1.29, 1.82) is 0 Å². The fraction of sp³-hybridized carbons (Fsp3) is 0.333. The largest absolute Gasteiger partial charge is 0.478 e. The summed E-state index contributed by atoms with van der Waals surface area (Å²) < 4.78 is 29.7. The number of hydrogen-bond donors (Lipinski definition) is 1. The number of aromatic carboxylic acids is 1. The Kier molecular flexibility index (Phi) is 5.51. The van der Waals surface area contributed by atoms with Gasteiger partial charge in [0.05, 0.1) is 10.5 Å². The van der Waals surface area contributed by atoms with E-state index in [9.17, 15) is 13.2 Å². The van der Waals surface area contributed by atoms with E-state index < -0.39 is 15.8 Å². The zero-order valence-electron chi connectivity index (χ0n) is 19.9. The highest BCUT2D eigenvalue weighted by molar-refractivity contribution is 7.90. The van der Waals surface area contributed by atoms with Crippen molar-refractivity contribution in [3.63, 3.8) is 0 Å². The zero-order valence-corrected chi connectivity index (χ0v) is 20.7. The molecule has 0 spiro atoms. The first-order valence-corrected chi connectivity index (χ1v) is 13.7. The first kappa shape index (κ1) is 23.3. The Bertz CT molecular complexity index is 1610. The highest BCUT2D eigenvalue weighted by atomic mass is 32.2. The third-order valence-corrected chi connectivity index (χ3v) is 8.05. The van der Waals surface area contributed by atoms with E-state index in [1.165, 1.54) is 25.0 Å². The maximum absolute atomic E-state index is 12.0. The molecule has 4 aromatic rings. The van der Waals surface area contributed by atoms with Gasteiger partial charge in [-0.1, -0.05) is 5.16 Å². The molecule has 190 valence electrons. The Balaban J connectivity index is 1.23. The number of piperidine rings is 1. The number of benzene rings is 1. The van der Waals surface area contributed by atoms with Gasteiger partial charge < -0.3 is 19.4 Å². The molecule has 37 heavy (non-hydrogen) atoms. The van der Waals surface area contributed by atoms with Crippen molar-refractivity contribution in [3.8, 4) is 0 Å². The third kappa shape index (κ3) is 4.14. The van der Waals surface area contributed by atoms with Crippen LogP contribution in [0.1, 0.15) is 40.4 Å². The first-order valence-electron chi connectivity index (χ1n) is 11.8. The smallest absolute Gasteiger partial charge is 0.338 e. The number of anilines is 3. The summed E-state index contributed by atoms with van der Waals surface area (Å²) >= 11 is 0. The predicted molar refractivity (Wildman–Crippen MR) is 133 cm³/mol. The van der Waals surface area contributed by atoms with E-state index >= 15 is 0 Å². The molecule has 0 unspecified atom stereocenters. The van der Waals surface area contributed by atoms with E-state index in [2.05, 4.69) is 25.1 Å². The SMILES string of the molecule is CS(=O)(=O)c1ccc2c(c1)CCN2c1ncnc2c(C3CCN(c4ncc(C(=O)O)cn4)CC3)noc12. The topological polar surface area (TPSA) is 156 Å². The molecule has 6 rings (SSSR count). The molecule has 12 nitrogen and oxygen atoms in total. The molecule has 2 aliphatic heterocycles. The van der Waals surface area contributed by atoms with Gasteiger partial charge in [0.15, 0.2) is 15.7 Å². The lowest BCUT2D eigenvalue weighted by atomic mass is 9.93. The number of hydrogen-bond acceptors (Lipinski definition) is 11. The van der Waals surface area contributed by atoms with E-state index in [-0.39, 0.29) is 11.5 Å². The molecule has 0 saturated carbocycles. The third-order valence-electron chi connectivity index (χ3n) is 6.94. The molecule has 1 N–H and O–H groups in total. The van der Waals surface area contributed by atoms with Crippen LogP contribution in [-0.4, -0.2) is 70.5 Å². The highest BCUT2D eigenvalue weighted by Crippen LogP contribution is 2.40. The quantitative estimate of drug-likeness (QED) is 0.410. The molecular formula is C24H23N7O5S. The lowest BCUT2D eigenvalue weighted by Crippen LogP contribution is -2.34. The maximum atomic E-state index is 12.0. The Labute approximate surface area is 211 Å². The van der Waals surface area contributed by atoms with E-state index in [0.717, 1.165) is 29.8 Å². The summed E-state index contributed by atoms with van der Waals surface area (Å²) in [5.74, 6) is 0.186. The summed E-state index contributed by atoms with van der Waals surface area (Å²) in [5, 5.41) is 13.4. The predicted octanol–water partition coefficient (Wildman–Crippen LogP) is 2.59. The molecule has 0 bridgehead atoms. The van der Waals surface area contributed by atoms with Gasteiger partial charge >= 0.3 is 5.97 Å². The van der Waals surface area contributed by atoms with Gasteiger partial charge in [-0.2, -0.15) is 0 Å². The van der Waals surface area contributed by atoms with Crippen LogP contribution in [0.15, 0.2) is 46.3 Å². The van der Waals surface area contributed by atoms with Crippen LogP contribution in [0.5, 0.6) is 0 Å². The number of aromatic nitrogens is 5. The summed E-state index contributed by atoms with van der Waals surface area (Å²) in [7, 11) is -3.28. The summed E-state index contributed by atoms with van der Waals surface area (Å²) in [5.41, 5.74) is 3.86. The van der Waals surface area contributed by atoms with Crippen LogP contribution in [0, 0.1) is 0 Å². The number of carbonyl (C=O) groups is 1. The average Bonchev–Trinajstić information content (AvgIpc) is 3.52. The van der Waals surface area contributed by atoms with Gasteiger partial charge in [0.1, 0.15) is 17.5 Å². The fourth-order valence-corrected chi connectivity index (χ4v) is 5.68. The number of carboxylic acids is 1. The number of nitrogens with zero attached hydrogens (tertiary/aromatic N) is 7. The van der Waals surface area contributed by atoms with Crippen LogP contribution in [0.25, 0.3) is 11.1 Å². The number of carboxylic acid groups (broad SMARTS) is 1. The van der Waals surface area contributed by atoms with Gasteiger partial charge in [0.25, 0.3) is 0 Å². The van der Waals surface area contributed by atoms with Gasteiger partial charge in [-0.25, -0.2) is 33.1 Å². The van der Waals surface area contributed by atoms with Crippen LogP contribution < -0.4 is 9.80 Å². The molecule has 1 fully saturated rings. The van der Waals surface area contributed by atoms with Crippen molar-refractivity contribution in [2.75, 3.05) is 35.7 Å². The van der Waals surface area contributed by atoms with Crippen molar-refractivity contribution in [2.45, 2.75) is 30.1 Å². The van der Waals surface area contributed by atoms with E-state index in [0.29, 0.717) is 53.8 Å². The molecule has 0 aliphatic carbocycles. The van der Waals surface area contributed by atoms with Gasteiger partial charge in [0, 0.05) is 49.9 Å². The van der Waals surface area contributed by atoms with E-state index in [1.54, 1.807) is 12.1 Å². The Hall–Kier alpha value is -4.13. The molecule has 0 radical (unpaired) electrons. The first-order chi connectivity index (χ1) is 17.8. The molecule has 1 saturated heterocycles. The standard InChI is InChI=1S/C24H23N7O5S/c1-37(34,35)17-2-3-18-15(10-17)6-9-31(18)22-21-20(27-13-28-22)19(29-36-21)14-4-7-30(8-5-14)24-25-11-16(12-26-24)23(32)33/h2-3,10-14H,4-9H2,1H3,(H,32,33). The van der Waals surface area contributed by atoms with Gasteiger partial charge in [-0.3, -0.25) is 0 Å². The average molecular weight is 522 g/mol. The molecular weight excluding hydrogens is 498 g/mol. The fourth-order valence-electron chi connectivity index (χ4n) is 5.01. The molecule has 0 amide bonds. The van der Waals surface area contributed by atoms with Crippen LogP contribution in [-0.2, 0) is 16.3 Å². The zero-order chi connectivity index (χ0) is 25.7. The molecule has 13 heteroatoms. The minimum atomic E-state index is -3.28. The summed E-state index contributed by atoms with van der Waals surface area (Å²) in [6, 6.07) is 5.15. The minimum absolute atomic E-state index is 0.0552. The number of fused-ring (bicyclic) bond motifs is 2. The Morgan fingerprint density at radius 3 is 2.54 bits per heavy atom. The second kappa shape index (κ2) is 8.76. The summed E-state index contributed by atoms with van der Waals surface area (Å²) in [6.07, 6.45) is 7.61. The Morgan fingerprint density at radius 1 is 1.08 bits per heavy atom.